The Bertz CT molecular complexity index is 741. The van der Waals surface area contributed by atoms with Crippen LogP contribution in [0.4, 0.5) is 0 Å². The van der Waals surface area contributed by atoms with Gasteiger partial charge >= 0.3 is 5.97 Å². The molecule has 1 aromatic carbocycles. The third-order valence-electron chi connectivity index (χ3n) is 4.61. The van der Waals surface area contributed by atoms with E-state index < -0.39 is 16.1 Å². The van der Waals surface area contributed by atoms with Gasteiger partial charge in [0.05, 0.1) is 12.0 Å². The Kier molecular flexibility index (Phi) is 6.21. The molecule has 1 saturated heterocycles. The zero-order valence-electron chi connectivity index (χ0n) is 15.2. The van der Waals surface area contributed by atoms with Crippen LogP contribution in [0.5, 0.6) is 0 Å². The fourth-order valence-electron chi connectivity index (χ4n) is 2.92. The molecule has 0 spiro atoms. The van der Waals surface area contributed by atoms with Gasteiger partial charge in [-0.05, 0) is 38.3 Å². The van der Waals surface area contributed by atoms with Crippen LogP contribution >= 0.6 is 0 Å². The van der Waals surface area contributed by atoms with Crippen LogP contribution in [0, 0.1) is 12.8 Å². The zero-order chi connectivity index (χ0) is 18.6. The normalized spacial score (nSPS) is 19.8. The minimum atomic E-state index is -3.83. The van der Waals surface area contributed by atoms with Crippen LogP contribution in [-0.2, 0) is 19.6 Å². The lowest BCUT2D eigenvalue weighted by atomic mass is 10.1. The number of ether oxygens (including phenoxy) is 1. The number of amidine groups is 1. The van der Waals surface area contributed by atoms with E-state index in [0.717, 1.165) is 18.4 Å². The van der Waals surface area contributed by atoms with Crippen LogP contribution in [0.3, 0.4) is 0 Å². The molecule has 1 aromatic rings. The van der Waals surface area contributed by atoms with Gasteiger partial charge in [-0.3, -0.25) is 0 Å². The molecule has 25 heavy (non-hydrogen) atoms. The fraction of sp³-hybridized carbons (Fsp3) is 0.556. The summed E-state index contributed by atoms with van der Waals surface area (Å²) < 4.78 is 34.5. The van der Waals surface area contributed by atoms with Gasteiger partial charge in [-0.1, -0.05) is 31.5 Å². The highest BCUT2D eigenvalue weighted by molar-refractivity contribution is 7.90. The van der Waals surface area contributed by atoms with Gasteiger partial charge in [0, 0.05) is 12.5 Å². The summed E-state index contributed by atoms with van der Waals surface area (Å²) in [6, 6.07) is 6.15. The van der Waals surface area contributed by atoms with E-state index >= 15 is 0 Å². The molecule has 0 bridgehead atoms. The highest BCUT2D eigenvalue weighted by Gasteiger charge is 2.36. The number of carbonyl (C=O) groups is 1. The molecule has 1 fully saturated rings. The lowest BCUT2D eigenvalue weighted by Crippen LogP contribution is -2.44. The van der Waals surface area contributed by atoms with Gasteiger partial charge in [-0.15, -0.1) is 4.40 Å². The summed E-state index contributed by atoms with van der Waals surface area (Å²) in [5.74, 6) is 0.0164. The van der Waals surface area contributed by atoms with E-state index in [1.807, 2.05) is 20.8 Å². The van der Waals surface area contributed by atoms with E-state index in [0.29, 0.717) is 18.8 Å². The van der Waals surface area contributed by atoms with Crippen molar-refractivity contribution in [2.75, 3.05) is 13.7 Å². The molecule has 2 atom stereocenters. The number of aryl methyl sites for hydroxylation is 1. The van der Waals surface area contributed by atoms with Crippen molar-refractivity contribution in [2.45, 2.75) is 51.0 Å². The number of benzene rings is 1. The Balaban J connectivity index is 2.44. The quantitative estimate of drug-likeness (QED) is 0.455. The van der Waals surface area contributed by atoms with E-state index in [1.54, 1.807) is 29.2 Å². The number of rotatable bonds is 5. The molecule has 0 radical (unpaired) electrons. The molecule has 1 unspecified atom stereocenters. The predicted octanol–water partition coefficient (Wildman–Crippen LogP) is 2.77. The maximum Gasteiger partial charge on any atom is 0.328 e. The smallest absolute Gasteiger partial charge is 0.328 e. The minimum absolute atomic E-state index is 0.0783. The Labute approximate surface area is 149 Å². The number of sulfonamides is 1. The number of nitrogens with zero attached hydrogens (tertiary/aromatic N) is 2. The van der Waals surface area contributed by atoms with E-state index in [4.69, 9.17) is 4.74 Å². The third kappa shape index (κ3) is 4.39. The van der Waals surface area contributed by atoms with Crippen LogP contribution in [-0.4, -0.2) is 44.8 Å². The van der Waals surface area contributed by atoms with Gasteiger partial charge in [-0.2, -0.15) is 8.42 Å². The summed E-state index contributed by atoms with van der Waals surface area (Å²) in [5.41, 5.74) is 0.982. The SMILES string of the molecule is CCC(C)/C(=N\S(=O)(=O)c1ccc(C)cc1)N1CCC[C@@H]1C(=O)OC. The van der Waals surface area contributed by atoms with Crippen molar-refractivity contribution in [1.82, 2.24) is 4.90 Å². The molecule has 6 nitrogen and oxygen atoms in total. The number of hydrogen-bond acceptors (Lipinski definition) is 4. The van der Waals surface area contributed by atoms with Gasteiger partial charge < -0.3 is 9.64 Å². The molecule has 2 rings (SSSR count). The molecular weight excluding hydrogens is 340 g/mol. The second-order valence-electron chi connectivity index (χ2n) is 6.42. The molecule has 0 amide bonds. The summed E-state index contributed by atoms with van der Waals surface area (Å²) in [5, 5.41) is 0. The van der Waals surface area contributed by atoms with Crippen LogP contribution in [0.2, 0.25) is 0 Å². The maximum absolute atomic E-state index is 12.7. The van der Waals surface area contributed by atoms with Gasteiger partial charge in [-0.25, -0.2) is 4.79 Å². The summed E-state index contributed by atoms with van der Waals surface area (Å²) in [7, 11) is -2.48. The van der Waals surface area contributed by atoms with E-state index in [-0.39, 0.29) is 16.8 Å². The Morgan fingerprint density at radius 1 is 1.36 bits per heavy atom. The first kappa shape index (κ1) is 19.4. The predicted molar refractivity (Wildman–Crippen MR) is 97.0 cm³/mol. The van der Waals surface area contributed by atoms with Crippen molar-refractivity contribution in [3.63, 3.8) is 0 Å². The molecule has 7 heteroatoms. The molecule has 0 aromatic heterocycles. The second-order valence-corrected chi connectivity index (χ2v) is 8.03. The van der Waals surface area contributed by atoms with Crippen molar-refractivity contribution in [3.8, 4) is 0 Å². The average Bonchev–Trinajstić information content (AvgIpc) is 3.08. The standard InChI is InChI=1S/C18H26N2O4S/c1-5-14(3)17(20-12-6-7-16(20)18(21)24-4)19-25(22,23)15-10-8-13(2)9-11-15/h8-11,14,16H,5-7,12H2,1-4H3/b19-17+/t14?,16-/m1/s1. The first-order chi connectivity index (χ1) is 11.8. The molecular formula is C18H26N2O4S. The summed E-state index contributed by atoms with van der Waals surface area (Å²) >= 11 is 0. The van der Waals surface area contributed by atoms with E-state index in [9.17, 15) is 13.2 Å². The van der Waals surface area contributed by atoms with Crippen molar-refractivity contribution < 1.29 is 17.9 Å². The van der Waals surface area contributed by atoms with Gasteiger partial charge in [0.25, 0.3) is 10.0 Å². The molecule has 1 heterocycles. The summed E-state index contributed by atoms with van der Waals surface area (Å²) in [6.45, 7) is 6.40. The van der Waals surface area contributed by atoms with Gasteiger partial charge in [0.15, 0.2) is 0 Å². The Morgan fingerprint density at radius 3 is 2.56 bits per heavy atom. The molecule has 0 saturated carbocycles. The molecule has 138 valence electrons. The van der Waals surface area contributed by atoms with Crippen LogP contribution in [0.15, 0.2) is 33.6 Å². The van der Waals surface area contributed by atoms with Crippen molar-refractivity contribution in [3.05, 3.63) is 29.8 Å². The van der Waals surface area contributed by atoms with Gasteiger partial charge in [0.1, 0.15) is 11.9 Å². The maximum atomic E-state index is 12.7. The average molecular weight is 366 g/mol. The lowest BCUT2D eigenvalue weighted by molar-refractivity contribution is -0.144. The first-order valence-corrected chi connectivity index (χ1v) is 10.00. The Morgan fingerprint density at radius 2 is 2.00 bits per heavy atom. The highest BCUT2D eigenvalue weighted by atomic mass is 32.2. The molecule has 1 aliphatic rings. The number of carbonyl (C=O) groups excluding carboxylic acids is 1. The van der Waals surface area contributed by atoms with Gasteiger partial charge in [0.2, 0.25) is 0 Å². The topological polar surface area (TPSA) is 76.0 Å². The highest BCUT2D eigenvalue weighted by Crippen LogP contribution is 2.25. The number of methoxy groups -OCH3 is 1. The summed E-state index contributed by atoms with van der Waals surface area (Å²) in [4.78, 5) is 14.0. The van der Waals surface area contributed by atoms with Crippen molar-refractivity contribution in [2.24, 2.45) is 10.3 Å². The fourth-order valence-corrected chi connectivity index (χ4v) is 4.03. The number of esters is 1. The van der Waals surface area contributed by atoms with Crippen LogP contribution in [0.25, 0.3) is 0 Å². The third-order valence-corrected chi connectivity index (χ3v) is 5.90. The lowest BCUT2D eigenvalue weighted by Gasteiger charge is -2.29. The second kappa shape index (κ2) is 7.99. The molecule has 0 N–H and O–H groups in total. The number of hydrogen-bond donors (Lipinski definition) is 0. The summed E-state index contributed by atoms with van der Waals surface area (Å²) in [6.07, 6.45) is 2.18. The molecule has 1 aliphatic heterocycles. The Hall–Kier alpha value is -1.89. The van der Waals surface area contributed by atoms with Crippen LogP contribution < -0.4 is 0 Å². The van der Waals surface area contributed by atoms with Crippen molar-refractivity contribution in [1.29, 1.82) is 0 Å². The number of likely N-dealkylation sites (tertiary alicyclic amines) is 1. The van der Waals surface area contributed by atoms with Crippen LogP contribution in [0.1, 0.15) is 38.7 Å². The minimum Gasteiger partial charge on any atom is -0.467 e. The largest absolute Gasteiger partial charge is 0.467 e. The van der Waals surface area contributed by atoms with Crippen molar-refractivity contribution >= 4 is 21.8 Å². The monoisotopic (exact) mass is 366 g/mol. The molecule has 0 aliphatic carbocycles. The zero-order valence-corrected chi connectivity index (χ0v) is 16.0. The van der Waals surface area contributed by atoms with E-state index in [2.05, 4.69) is 4.40 Å². The van der Waals surface area contributed by atoms with E-state index in [1.165, 1.54) is 7.11 Å². The first-order valence-electron chi connectivity index (χ1n) is 8.56.